The van der Waals surface area contributed by atoms with E-state index in [1.54, 1.807) is 0 Å². The lowest BCUT2D eigenvalue weighted by Crippen LogP contribution is -1.95. The van der Waals surface area contributed by atoms with Crippen molar-refractivity contribution in [3.8, 4) is 28.3 Å². The Hall–Kier alpha value is -2.84. The number of nitrogens with zero attached hydrogens (tertiary/aromatic N) is 2. The lowest BCUT2D eigenvalue weighted by Gasteiger charge is -2.07. The quantitative estimate of drug-likeness (QED) is 0.460. The van der Waals surface area contributed by atoms with Crippen molar-refractivity contribution >= 4 is 11.6 Å². The van der Waals surface area contributed by atoms with Gasteiger partial charge in [-0.1, -0.05) is 60.1 Å². The number of benzene rings is 3. The first-order valence-corrected chi connectivity index (χ1v) is 8.15. The maximum Gasteiger partial charge on any atom is 0.145 e. The number of halogens is 1. The largest absolute Gasteiger partial charge is 0.299 e. The van der Waals surface area contributed by atoms with Crippen LogP contribution in [-0.2, 0) is 0 Å². The second kappa shape index (κ2) is 6.34. The van der Waals surface area contributed by atoms with Crippen LogP contribution in [0.4, 0.5) is 0 Å². The lowest BCUT2D eigenvalue weighted by molar-refractivity contribution is 1.07. The van der Waals surface area contributed by atoms with Crippen molar-refractivity contribution in [2.45, 2.75) is 0 Å². The van der Waals surface area contributed by atoms with Crippen LogP contribution >= 0.6 is 11.6 Å². The third-order valence-electron chi connectivity index (χ3n) is 3.91. The molecule has 0 unspecified atom stereocenters. The zero-order chi connectivity index (χ0) is 16.4. The molecule has 0 amide bonds. The molecule has 0 aliphatic carbocycles. The highest BCUT2D eigenvalue weighted by Gasteiger charge is 2.12. The highest BCUT2D eigenvalue weighted by Crippen LogP contribution is 2.28. The summed E-state index contributed by atoms with van der Waals surface area (Å²) in [7, 11) is 0. The van der Waals surface area contributed by atoms with E-state index >= 15 is 0 Å². The van der Waals surface area contributed by atoms with Gasteiger partial charge in [-0.2, -0.15) is 0 Å². The molecule has 2 nitrogen and oxygen atoms in total. The van der Waals surface area contributed by atoms with E-state index in [-0.39, 0.29) is 0 Å². The first-order chi connectivity index (χ1) is 11.8. The molecular weight excluding hydrogens is 316 g/mol. The third kappa shape index (κ3) is 2.84. The Labute approximate surface area is 146 Å². The Balaban J connectivity index is 1.90. The van der Waals surface area contributed by atoms with Crippen LogP contribution in [0.2, 0.25) is 5.02 Å². The number of hydrogen-bond donors (Lipinski definition) is 0. The fraction of sp³-hybridized carbons (Fsp3) is 0. The van der Waals surface area contributed by atoms with Crippen molar-refractivity contribution in [3.63, 3.8) is 0 Å². The van der Waals surface area contributed by atoms with Gasteiger partial charge in [-0.05, 0) is 36.4 Å². The molecule has 0 aliphatic rings. The Kier molecular flexibility index (Phi) is 3.89. The van der Waals surface area contributed by atoms with Gasteiger partial charge in [0.2, 0.25) is 0 Å². The highest BCUT2D eigenvalue weighted by molar-refractivity contribution is 6.30. The Morgan fingerprint density at radius 3 is 1.96 bits per heavy atom. The first kappa shape index (κ1) is 14.7. The summed E-state index contributed by atoms with van der Waals surface area (Å²) in [6, 6.07) is 28.2. The van der Waals surface area contributed by atoms with Gasteiger partial charge in [0, 0.05) is 28.0 Å². The smallest absolute Gasteiger partial charge is 0.145 e. The summed E-state index contributed by atoms with van der Waals surface area (Å²) in [4.78, 5) is 4.88. The maximum absolute atomic E-state index is 6.03. The fourth-order valence-electron chi connectivity index (χ4n) is 2.72. The average molecular weight is 331 g/mol. The molecule has 0 saturated carbocycles. The van der Waals surface area contributed by atoms with Crippen molar-refractivity contribution in [2.75, 3.05) is 0 Å². The molecule has 0 aliphatic heterocycles. The van der Waals surface area contributed by atoms with Crippen LogP contribution in [0.3, 0.4) is 0 Å². The number of rotatable bonds is 3. The van der Waals surface area contributed by atoms with Crippen LogP contribution < -0.4 is 0 Å². The molecule has 4 rings (SSSR count). The van der Waals surface area contributed by atoms with Crippen LogP contribution in [0.25, 0.3) is 28.3 Å². The number of imidazole rings is 1. The molecule has 1 heterocycles. The minimum absolute atomic E-state index is 0.722. The third-order valence-corrected chi connectivity index (χ3v) is 4.16. The molecule has 116 valence electrons. The molecule has 0 atom stereocenters. The molecule has 0 bridgehead atoms. The number of para-hydroxylation sites is 1. The Morgan fingerprint density at radius 2 is 1.29 bits per heavy atom. The van der Waals surface area contributed by atoms with Gasteiger partial charge < -0.3 is 0 Å². The predicted octanol–water partition coefficient (Wildman–Crippen LogP) is 5.86. The summed E-state index contributed by atoms with van der Waals surface area (Å²) in [5, 5.41) is 0.722. The predicted molar refractivity (Wildman–Crippen MR) is 99.4 cm³/mol. The van der Waals surface area contributed by atoms with Crippen molar-refractivity contribution < 1.29 is 0 Å². The topological polar surface area (TPSA) is 17.8 Å². The van der Waals surface area contributed by atoms with Gasteiger partial charge in [-0.3, -0.25) is 4.57 Å². The second-order valence-electron chi connectivity index (χ2n) is 5.53. The minimum Gasteiger partial charge on any atom is -0.299 e. The molecule has 24 heavy (non-hydrogen) atoms. The van der Waals surface area contributed by atoms with Crippen LogP contribution in [0.15, 0.2) is 91.1 Å². The summed E-state index contributed by atoms with van der Waals surface area (Å²) in [5.74, 6) is 0.900. The second-order valence-corrected chi connectivity index (χ2v) is 5.96. The maximum atomic E-state index is 6.03. The first-order valence-electron chi connectivity index (χ1n) is 7.77. The van der Waals surface area contributed by atoms with Crippen molar-refractivity contribution in [2.24, 2.45) is 0 Å². The van der Waals surface area contributed by atoms with Gasteiger partial charge in [-0.15, -0.1) is 0 Å². The molecule has 0 fully saturated rings. The highest BCUT2D eigenvalue weighted by atomic mass is 35.5. The van der Waals surface area contributed by atoms with E-state index in [2.05, 4.69) is 35.0 Å². The van der Waals surface area contributed by atoms with Crippen molar-refractivity contribution in [1.29, 1.82) is 0 Å². The van der Waals surface area contributed by atoms with E-state index in [1.807, 2.05) is 60.7 Å². The summed E-state index contributed by atoms with van der Waals surface area (Å²) in [6.45, 7) is 0. The van der Waals surface area contributed by atoms with E-state index in [0.29, 0.717) is 0 Å². The summed E-state index contributed by atoms with van der Waals surface area (Å²) in [5.41, 5.74) is 4.16. The molecule has 4 aromatic rings. The van der Waals surface area contributed by atoms with Gasteiger partial charge in [-0.25, -0.2) is 4.98 Å². The van der Waals surface area contributed by atoms with Crippen LogP contribution in [-0.4, -0.2) is 9.55 Å². The van der Waals surface area contributed by atoms with E-state index in [4.69, 9.17) is 16.6 Å². The fourth-order valence-corrected chi connectivity index (χ4v) is 2.84. The zero-order valence-electron chi connectivity index (χ0n) is 12.9. The Bertz CT molecular complexity index is 942. The van der Waals surface area contributed by atoms with E-state index in [0.717, 1.165) is 33.4 Å². The molecular formula is C21H15ClN2. The molecule has 0 radical (unpaired) electrons. The van der Waals surface area contributed by atoms with Gasteiger partial charge in [0.25, 0.3) is 0 Å². The van der Waals surface area contributed by atoms with E-state index in [1.165, 1.54) is 0 Å². The van der Waals surface area contributed by atoms with Crippen LogP contribution in [0.5, 0.6) is 0 Å². The zero-order valence-corrected chi connectivity index (χ0v) is 13.7. The van der Waals surface area contributed by atoms with Crippen LogP contribution in [0, 0.1) is 0 Å². The van der Waals surface area contributed by atoms with Crippen molar-refractivity contribution in [1.82, 2.24) is 9.55 Å². The monoisotopic (exact) mass is 330 g/mol. The molecule has 0 spiro atoms. The molecule has 1 aromatic heterocycles. The molecule has 0 saturated heterocycles. The average Bonchev–Trinajstić information content (AvgIpc) is 3.09. The summed E-state index contributed by atoms with van der Waals surface area (Å²) in [6.07, 6.45) is 2.08. The summed E-state index contributed by atoms with van der Waals surface area (Å²) >= 11 is 6.03. The number of aromatic nitrogens is 2. The minimum atomic E-state index is 0.722. The van der Waals surface area contributed by atoms with Crippen molar-refractivity contribution in [3.05, 3.63) is 96.1 Å². The van der Waals surface area contributed by atoms with Gasteiger partial charge in [0.1, 0.15) is 5.82 Å². The SMILES string of the molecule is Clc1ccc(-c2nc(-c3ccccc3)cn2-c2ccccc2)cc1. The lowest BCUT2D eigenvalue weighted by atomic mass is 10.2. The number of hydrogen-bond acceptors (Lipinski definition) is 1. The Morgan fingerprint density at radius 1 is 0.667 bits per heavy atom. The van der Waals surface area contributed by atoms with E-state index in [9.17, 15) is 0 Å². The standard InChI is InChI=1S/C21H15ClN2/c22-18-13-11-17(12-14-18)21-23-20(16-7-3-1-4-8-16)15-24(21)19-9-5-2-6-10-19/h1-15H. The van der Waals surface area contributed by atoms with E-state index < -0.39 is 0 Å². The van der Waals surface area contributed by atoms with Gasteiger partial charge >= 0.3 is 0 Å². The van der Waals surface area contributed by atoms with Gasteiger partial charge in [0.15, 0.2) is 0 Å². The molecule has 3 aromatic carbocycles. The normalized spacial score (nSPS) is 10.7. The van der Waals surface area contributed by atoms with Crippen LogP contribution in [0.1, 0.15) is 0 Å². The molecule has 3 heteroatoms. The van der Waals surface area contributed by atoms with Gasteiger partial charge in [0.05, 0.1) is 5.69 Å². The summed E-state index contributed by atoms with van der Waals surface area (Å²) < 4.78 is 2.12. The molecule has 0 N–H and O–H groups in total.